The molecule has 1 saturated carbocycles. The van der Waals surface area contributed by atoms with Crippen LogP contribution in [-0.2, 0) is 13.0 Å². The second kappa shape index (κ2) is 7.81. The number of aromatic amines is 1. The van der Waals surface area contributed by atoms with Gasteiger partial charge >= 0.3 is 6.03 Å². The summed E-state index contributed by atoms with van der Waals surface area (Å²) in [6.45, 7) is 4.30. The van der Waals surface area contributed by atoms with Crippen molar-refractivity contribution in [1.82, 2.24) is 40.4 Å². The minimum Gasteiger partial charge on any atom is -0.339 e. The van der Waals surface area contributed by atoms with Crippen LogP contribution in [0.2, 0.25) is 0 Å². The fourth-order valence-corrected chi connectivity index (χ4v) is 3.21. The molecule has 10 nitrogen and oxygen atoms in total. The molecule has 2 aromatic rings. The van der Waals surface area contributed by atoms with Crippen LogP contribution in [0.3, 0.4) is 0 Å². The molecule has 10 heteroatoms. The normalized spacial score (nSPS) is 18.7. The number of amides is 2. The number of piperazine rings is 1. The highest BCUT2D eigenvalue weighted by atomic mass is 16.5. The summed E-state index contributed by atoms with van der Waals surface area (Å²) in [5, 5.41) is 13.7. The number of hydrogen-bond donors (Lipinski definition) is 2. The van der Waals surface area contributed by atoms with Gasteiger partial charge in [-0.05, 0) is 12.8 Å². The predicted molar refractivity (Wildman–Crippen MR) is 91.2 cm³/mol. The first-order valence-corrected chi connectivity index (χ1v) is 9.20. The predicted octanol–water partition coefficient (Wildman–Crippen LogP) is 0.525. The van der Waals surface area contributed by atoms with E-state index in [0.29, 0.717) is 37.8 Å². The maximum absolute atomic E-state index is 12.3. The lowest BCUT2D eigenvalue weighted by Crippen LogP contribution is -2.51. The molecule has 1 aliphatic carbocycles. The fraction of sp³-hybridized carbons (Fsp3) is 0.688. The Morgan fingerprint density at radius 1 is 1.31 bits per heavy atom. The number of carbonyl (C=O) groups is 1. The minimum atomic E-state index is -0.0352. The van der Waals surface area contributed by atoms with Crippen LogP contribution in [0, 0.1) is 0 Å². The molecule has 0 unspecified atom stereocenters. The van der Waals surface area contributed by atoms with Gasteiger partial charge in [-0.15, -0.1) is 0 Å². The van der Waals surface area contributed by atoms with Gasteiger partial charge in [-0.2, -0.15) is 10.1 Å². The maximum atomic E-state index is 12.3. The first-order valence-electron chi connectivity index (χ1n) is 9.20. The van der Waals surface area contributed by atoms with Crippen molar-refractivity contribution in [3.05, 3.63) is 23.9 Å². The van der Waals surface area contributed by atoms with Gasteiger partial charge in [-0.3, -0.25) is 10.00 Å². The van der Waals surface area contributed by atoms with Gasteiger partial charge in [0.15, 0.2) is 5.82 Å². The topological polar surface area (TPSA) is 116 Å². The van der Waals surface area contributed by atoms with Crippen LogP contribution in [-0.4, -0.2) is 73.9 Å². The molecule has 0 aromatic carbocycles. The molecule has 1 saturated heterocycles. The van der Waals surface area contributed by atoms with Gasteiger partial charge in [-0.25, -0.2) is 9.78 Å². The van der Waals surface area contributed by atoms with Gasteiger partial charge in [0.2, 0.25) is 5.89 Å². The van der Waals surface area contributed by atoms with Crippen molar-refractivity contribution in [2.24, 2.45) is 0 Å². The summed E-state index contributed by atoms with van der Waals surface area (Å²) in [6.07, 6.45) is 5.62. The van der Waals surface area contributed by atoms with Gasteiger partial charge in [0.05, 0.1) is 6.54 Å². The average Bonchev–Trinajstić information content (AvgIpc) is 3.26. The van der Waals surface area contributed by atoms with Gasteiger partial charge in [0.1, 0.15) is 12.2 Å². The summed E-state index contributed by atoms with van der Waals surface area (Å²) in [5.74, 6) is 2.72. The number of nitrogens with one attached hydrogen (secondary N) is 2. The molecule has 0 atom stereocenters. The van der Waals surface area contributed by atoms with Crippen molar-refractivity contribution in [2.75, 3.05) is 32.7 Å². The molecule has 3 heterocycles. The van der Waals surface area contributed by atoms with E-state index in [1.165, 1.54) is 12.7 Å². The number of aromatic nitrogens is 5. The Kier molecular flexibility index (Phi) is 5.09. The number of nitrogens with zero attached hydrogens (tertiary/aromatic N) is 6. The SMILES string of the molecule is O=C(NCCc1noc(C2CCC2)n1)N1CCN(Cc2ncn[nH]2)CC1. The molecule has 0 radical (unpaired) electrons. The van der Waals surface area contributed by atoms with Crippen molar-refractivity contribution >= 4 is 6.03 Å². The maximum Gasteiger partial charge on any atom is 0.317 e. The summed E-state index contributed by atoms with van der Waals surface area (Å²) in [7, 11) is 0. The Hall–Kier alpha value is -2.49. The molecule has 2 amide bonds. The highest BCUT2D eigenvalue weighted by Crippen LogP contribution is 2.35. The summed E-state index contributed by atoms with van der Waals surface area (Å²) >= 11 is 0. The van der Waals surface area contributed by atoms with E-state index in [0.717, 1.165) is 44.2 Å². The Labute approximate surface area is 151 Å². The summed E-state index contributed by atoms with van der Waals surface area (Å²) in [5.41, 5.74) is 0. The minimum absolute atomic E-state index is 0.0352. The molecule has 4 rings (SSSR count). The van der Waals surface area contributed by atoms with Crippen LogP contribution < -0.4 is 5.32 Å². The molecule has 2 aliphatic rings. The third-order valence-corrected chi connectivity index (χ3v) is 5.06. The quantitative estimate of drug-likeness (QED) is 0.771. The van der Waals surface area contributed by atoms with Crippen LogP contribution in [0.15, 0.2) is 10.9 Å². The van der Waals surface area contributed by atoms with Crippen LogP contribution in [0.1, 0.15) is 42.7 Å². The Balaban J connectivity index is 1.15. The zero-order chi connectivity index (χ0) is 17.8. The zero-order valence-corrected chi connectivity index (χ0v) is 14.7. The number of H-pyrrole nitrogens is 1. The Bertz CT molecular complexity index is 704. The Morgan fingerprint density at radius 3 is 2.85 bits per heavy atom. The lowest BCUT2D eigenvalue weighted by Gasteiger charge is -2.34. The number of hydrogen-bond acceptors (Lipinski definition) is 7. The monoisotopic (exact) mass is 360 g/mol. The van der Waals surface area contributed by atoms with E-state index in [-0.39, 0.29) is 6.03 Å². The molecule has 1 aliphatic heterocycles. The zero-order valence-electron chi connectivity index (χ0n) is 14.7. The van der Waals surface area contributed by atoms with Crippen LogP contribution in [0.4, 0.5) is 4.79 Å². The van der Waals surface area contributed by atoms with E-state index >= 15 is 0 Å². The lowest BCUT2D eigenvalue weighted by molar-refractivity contribution is 0.133. The second-order valence-electron chi connectivity index (χ2n) is 6.85. The molecule has 2 N–H and O–H groups in total. The van der Waals surface area contributed by atoms with E-state index in [1.807, 2.05) is 4.90 Å². The van der Waals surface area contributed by atoms with Gasteiger partial charge < -0.3 is 14.7 Å². The second-order valence-corrected chi connectivity index (χ2v) is 6.85. The third kappa shape index (κ3) is 4.01. The van der Waals surface area contributed by atoms with E-state index in [4.69, 9.17) is 4.52 Å². The summed E-state index contributed by atoms with van der Waals surface area (Å²) < 4.78 is 5.30. The smallest absolute Gasteiger partial charge is 0.317 e. The largest absolute Gasteiger partial charge is 0.339 e. The molecular weight excluding hydrogens is 336 g/mol. The highest BCUT2D eigenvalue weighted by molar-refractivity contribution is 5.74. The van der Waals surface area contributed by atoms with Crippen LogP contribution in [0.25, 0.3) is 0 Å². The summed E-state index contributed by atoms with van der Waals surface area (Å²) in [4.78, 5) is 24.9. The molecule has 140 valence electrons. The first kappa shape index (κ1) is 17.0. The van der Waals surface area contributed by atoms with Gasteiger partial charge in [0, 0.05) is 45.1 Å². The number of rotatable bonds is 6. The van der Waals surface area contributed by atoms with Crippen molar-refractivity contribution < 1.29 is 9.32 Å². The molecular formula is C16H24N8O2. The Morgan fingerprint density at radius 2 is 2.15 bits per heavy atom. The third-order valence-electron chi connectivity index (χ3n) is 5.06. The molecule has 0 spiro atoms. The van der Waals surface area contributed by atoms with Crippen molar-refractivity contribution in [2.45, 2.75) is 38.1 Å². The number of carbonyl (C=O) groups excluding carboxylic acids is 1. The molecule has 2 fully saturated rings. The molecule has 2 aromatic heterocycles. The van der Waals surface area contributed by atoms with Crippen molar-refractivity contribution in [3.63, 3.8) is 0 Å². The van der Waals surface area contributed by atoms with Gasteiger partial charge in [-0.1, -0.05) is 11.6 Å². The van der Waals surface area contributed by atoms with Crippen LogP contribution >= 0.6 is 0 Å². The van der Waals surface area contributed by atoms with E-state index in [9.17, 15) is 4.79 Å². The highest BCUT2D eigenvalue weighted by Gasteiger charge is 2.25. The standard InChI is InChI=1S/C16H24N8O2/c25-16(17-5-4-13-20-15(26-22-13)12-2-1-3-12)24-8-6-23(7-9-24)10-14-18-11-19-21-14/h11-12H,1-10H2,(H,17,25)(H,18,19,21). The van der Waals surface area contributed by atoms with Crippen molar-refractivity contribution in [3.8, 4) is 0 Å². The average molecular weight is 360 g/mol. The molecule has 26 heavy (non-hydrogen) atoms. The van der Waals surface area contributed by atoms with E-state index in [2.05, 4.69) is 35.5 Å². The first-order chi connectivity index (χ1) is 12.8. The lowest BCUT2D eigenvalue weighted by atomic mass is 9.85. The fourth-order valence-electron chi connectivity index (χ4n) is 3.21. The summed E-state index contributed by atoms with van der Waals surface area (Å²) in [6, 6.07) is -0.0352. The molecule has 0 bridgehead atoms. The van der Waals surface area contributed by atoms with Gasteiger partial charge in [0.25, 0.3) is 0 Å². The van der Waals surface area contributed by atoms with E-state index in [1.54, 1.807) is 0 Å². The van der Waals surface area contributed by atoms with Crippen molar-refractivity contribution in [1.29, 1.82) is 0 Å². The van der Waals surface area contributed by atoms with Crippen LogP contribution in [0.5, 0.6) is 0 Å². The van der Waals surface area contributed by atoms with E-state index < -0.39 is 0 Å². The number of urea groups is 1.